The minimum Gasteiger partial charge on any atom is -0.328 e. The molecule has 78 valence electrons. The second kappa shape index (κ2) is 4.97. The van der Waals surface area contributed by atoms with E-state index in [1.807, 2.05) is 0 Å². The summed E-state index contributed by atoms with van der Waals surface area (Å²) in [5, 5.41) is 3.52. The molecule has 0 spiro atoms. The second-order valence-corrected chi connectivity index (χ2v) is 4.49. The molecule has 0 radical (unpaired) electrons. The molecule has 2 nitrogen and oxygen atoms in total. The number of rotatable bonds is 7. The van der Waals surface area contributed by atoms with Gasteiger partial charge in [-0.3, -0.25) is 0 Å². The van der Waals surface area contributed by atoms with Gasteiger partial charge in [0.2, 0.25) is 0 Å². The SMILES string of the molecule is CCC(N)CCNCC1(CC)CC1. The molecule has 1 unspecified atom stereocenters. The highest BCUT2D eigenvalue weighted by atomic mass is 14.9. The van der Waals surface area contributed by atoms with Crippen LogP contribution in [0, 0.1) is 5.41 Å². The fourth-order valence-electron chi connectivity index (χ4n) is 1.68. The Bertz CT molecular complexity index is 141. The van der Waals surface area contributed by atoms with Crippen LogP contribution >= 0.6 is 0 Å². The monoisotopic (exact) mass is 184 g/mol. The van der Waals surface area contributed by atoms with Gasteiger partial charge in [-0.25, -0.2) is 0 Å². The van der Waals surface area contributed by atoms with Crippen molar-refractivity contribution >= 4 is 0 Å². The third-order valence-corrected chi connectivity index (χ3v) is 3.42. The van der Waals surface area contributed by atoms with E-state index < -0.39 is 0 Å². The van der Waals surface area contributed by atoms with Crippen molar-refractivity contribution < 1.29 is 0 Å². The van der Waals surface area contributed by atoms with Crippen LogP contribution < -0.4 is 11.1 Å². The summed E-state index contributed by atoms with van der Waals surface area (Å²) in [4.78, 5) is 0. The number of nitrogens with two attached hydrogens (primary N) is 1. The Morgan fingerprint density at radius 3 is 2.54 bits per heavy atom. The first-order valence-corrected chi connectivity index (χ1v) is 5.69. The van der Waals surface area contributed by atoms with E-state index in [4.69, 9.17) is 5.73 Å². The van der Waals surface area contributed by atoms with E-state index in [2.05, 4.69) is 19.2 Å². The first-order valence-electron chi connectivity index (χ1n) is 5.69. The van der Waals surface area contributed by atoms with E-state index in [0.29, 0.717) is 11.5 Å². The van der Waals surface area contributed by atoms with E-state index >= 15 is 0 Å². The summed E-state index contributed by atoms with van der Waals surface area (Å²) in [6.45, 7) is 6.75. The molecule has 0 aromatic rings. The van der Waals surface area contributed by atoms with Gasteiger partial charge in [0, 0.05) is 12.6 Å². The molecule has 2 heteroatoms. The summed E-state index contributed by atoms with van der Waals surface area (Å²) in [6.07, 6.45) is 6.41. The summed E-state index contributed by atoms with van der Waals surface area (Å²) >= 11 is 0. The molecule has 3 N–H and O–H groups in total. The summed E-state index contributed by atoms with van der Waals surface area (Å²) in [6, 6.07) is 0.393. The lowest BCUT2D eigenvalue weighted by Crippen LogP contribution is -2.29. The topological polar surface area (TPSA) is 38.0 Å². The van der Waals surface area contributed by atoms with E-state index in [0.717, 1.165) is 19.4 Å². The third kappa shape index (κ3) is 3.65. The standard InChI is InChI=1S/C11H24N2/c1-3-10(12)5-8-13-9-11(4-2)6-7-11/h10,13H,3-9,12H2,1-2H3. The van der Waals surface area contributed by atoms with Gasteiger partial charge in [-0.15, -0.1) is 0 Å². The molecule has 0 amide bonds. The minimum absolute atomic E-state index is 0.393. The summed E-state index contributed by atoms with van der Waals surface area (Å²) in [5.41, 5.74) is 6.51. The average molecular weight is 184 g/mol. The minimum atomic E-state index is 0.393. The molecule has 0 aromatic heterocycles. The molecular weight excluding hydrogens is 160 g/mol. The molecule has 0 bridgehead atoms. The lowest BCUT2D eigenvalue weighted by atomic mass is 10.0. The number of nitrogens with one attached hydrogen (secondary N) is 1. The summed E-state index contributed by atoms with van der Waals surface area (Å²) < 4.78 is 0. The van der Waals surface area contributed by atoms with Gasteiger partial charge in [-0.05, 0) is 44.1 Å². The zero-order chi connectivity index (χ0) is 9.73. The fraction of sp³-hybridized carbons (Fsp3) is 1.00. The lowest BCUT2D eigenvalue weighted by molar-refractivity contribution is 0.432. The van der Waals surface area contributed by atoms with Gasteiger partial charge in [-0.1, -0.05) is 13.8 Å². The predicted molar refractivity (Wildman–Crippen MR) is 57.7 cm³/mol. The third-order valence-electron chi connectivity index (χ3n) is 3.42. The van der Waals surface area contributed by atoms with Crippen molar-refractivity contribution in [2.75, 3.05) is 13.1 Å². The van der Waals surface area contributed by atoms with E-state index in [1.54, 1.807) is 0 Å². The molecule has 1 aliphatic carbocycles. The van der Waals surface area contributed by atoms with Crippen LogP contribution in [-0.4, -0.2) is 19.1 Å². The fourth-order valence-corrected chi connectivity index (χ4v) is 1.68. The molecule has 13 heavy (non-hydrogen) atoms. The molecule has 0 heterocycles. The Hall–Kier alpha value is -0.0800. The van der Waals surface area contributed by atoms with Gasteiger partial charge in [0.15, 0.2) is 0 Å². The molecule has 0 saturated heterocycles. The zero-order valence-electron chi connectivity index (χ0n) is 9.10. The zero-order valence-corrected chi connectivity index (χ0v) is 9.10. The van der Waals surface area contributed by atoms with Crippen molar-refractivity contribution in [3.05, 3.63) is 0 Å². The maximum atomic E-state index is 5.83. The smallest absolute Gasteiger partial charge is 0.00482 e. The van der Waals surface area contributed by atoms with Crippen LogP contribution in [0.4, 0.5) is 0 Å². The van der Waals surface area contributed by atoms with E-state index in [-0.39, 0.29) is 0 Å². The predicted octanol–water partition coefficient (Wildman–Crippen LogP) is 1.89. The Kier molecular flexibility index (Phi) is 4.20. The average Bonchev–Trinajstić information content (AvgIpc) is 2.93. The van der Waals surface area contributed by atoms with E-state index in [9.17, 15) is 0 Å². The normalized spacial score (nSPS) is 21.5. The number of hydrogen-bond donors (Lipinski definition) is 2. The van der Waals surface area contributed by atoms with Gasteiger partial charge < -0.3 is 11.1 Å². The van der Waals surface area contributed by atoms with Crippen molar-refractivity contribution in [1.82, 2.24) is 5.32 Å². The van der Waals surface area contributed by atoms with Crippen molar-refractivity contribution in [1.29, 1.82) is 0 Å². The maximum absolute atomic E-state index is 5.83. The quantitative estimate of drug-likeness (QED) is 0.593. The van der Waals surface area contributed by atoms with Crippen molar-refractivity contribution in [2.45, 2.75) is 52.0 Å². The Labute approximate surface area is 82.3 Å². The lowest BCUT2D eigenvalue weighted by Gasteiger charge is -2.14. The molecule has 1 fully saturated rings. The summed E-state index contributed by atoms with van der Waals surface area (Å²) in [7, 11) is 0. The van der Waals surface area contributed by atoms with E-state index in [1.165, 1.54) is 25.8 Å². The van der Waals surface area contributed by atoms with Crippen molar-refractivity contribution in [3.8, 4) is 0 Å². The van der Waals surface area contributed by atoms with Crippen LogP contribution in [0.1, 0.15) is 46.0 Å². The number of hydrogen-bond acceptors (Lipinski definition) is 2. The van der Waals surface area contributed by atoms with Crippen LogP contribution in [-0.2, 0) is 0 Å². The Balaban J connectivity index is 1.95. The van der Waals surface area contributed by atoms with Gasteiger partial charge in [0.1, 0.15) is 0 Å². The van der Waals surface area contributed by atoms with Crippen LogP contribution in [0.3, 0.4) is 0 Å². The molecule has 1 atom stereocenters. The molecule has 1 rings (SSSR count). The van der Waals surface area contributed by atoms with Gasteiger partial charge in [0.05, 0.1) is 0 Å². The van der Waals surface area contributed by atoms with Gasteiger partial charge >= 0.3 is 0 Å². The first-order chi connectivity index (χ1) is 6.22. The molecule has 1 saturated carbocycles. The van der Waals surface area contributed by atoms with Gasteiger partial charge in [0.25, 0.3) is 0 Å². The largest absolute Gasteiger partial charge is 0.328 e. The first kappa shape index (κ1) is 11.0. The molecular formula is C11H24N2. The van der Waals surface area contributed by atoms with Crippen LogP contribution in [0.25, 0.3) is 0 Å². The van der Waals surface area contributed by atoms with Crippen LogP contribution in [0.5, 0.6) is 0 Å². The Morgan fingerprint density at radius 2 is 2.08 bits per heavy atom. The highest BCUT2D eigenvalue weighted by Gasteiger charge is 2.39. The van der Waals surface area contributed by atoms with Crippen molar-refractivity contribution in [2.24, 2.45) is 11.1 Å². The summed E-state index contributed by atoms with van der Waals surface area (Å²) in [5.74, 6) is 0. The van der Waals surface area contributed by atoms with Crippen molar-refractivity contribution in [3.63, 3.8) is 0 Å². The van der Waals surface area contributed by atoms with Crippen LogP contribution in [0.2, 0.25) is 0 Å². The molecule has 1 aliphatic rings. The molecule has 0 aromatic carbocycles. The maximum Gasteiger partial charge on any atom is 0.00482 e. The molecule has 0 aliphatic heterocycles. The highest BCUT2D eigenvalue weighted by Crippen LogP contribution is 2.47. The van der Waals surface area contributed by atoms with Crippen LogP contribution in [0.15, 0.2) is 0 Å². The Morgan fingerprint density at radius 1 is 1.38 bits per heavy atom. The highest BCUT2D eigenvalue weighted by molar-refractivity contribution is 4.93. The van der Waals surface area contributed by atoms with Gasteiger partial charge in [-0.2, -0.15) is 0 Å². The second-order valence-electron chi connectivity index (χ2n) is 4.49.